The van der Waals surface area contributed by atoms with Crippen LogP contribution in [-0.4, -0.2) is 15.0 Å². The van der Waals surface area contributed by atoms with Gasteiger partial charge in [-0.05, 0) is 68.7 Å². The van der Waals surface area contributed by atoms with Crippen LogP contribution in [0.2, 0.25) is 0 Å². The highest BCUT2D eigenvalue weighted by Crippen LogP contribution is 2.27. The molecular weight excluding hydrogens is 282 g/mol. The summed E-state index contributed by atoms with van der Waals surface area (Å²) in [5, 5.41) is 0. The average Bonchev–Trinajstić information content (AvgIpc) is 2.44. The maximum absolute atomic E-state index is 12.7. The number of rotatable bonds is 4. The fourth-order valence-corrected chi connectivity index (χ4v) is 5.00. The summed E-state index contributed by atoms with van der Waals surface area (Å²) in [6, 6.07) is 2.06. The van der Waals surface area contributed by atoms with E-state index < -0.39 is 10.0 Å². The Balaban J connectivity index is 2.23. The molecule has 0 spiro atoms. The van der Waals surface area contributed by atoms with Crippen LogP contribution < -0.4 is 4.72 Å². The Hall–Kier alpha value is -0.870. The molecule has 1 aliphatic rings. The summed E-state index contributed by atoms with van der Waals surface area (Å²) >= 11 is 0. The zero-order valence-corrected chi connectivity index (χ0v) is 14.4. The van der Waals surface area contributed by atoms with Gasteiger partial charge in [0.05, 0.1) is 4.90 Å². The van der Waals surface area contributed by atoms with E-state index >= 15 is 0 Å². The molecule has 0 aliphatic heterocycles. The Morgan fingerprint density at radius 3 is 2.05 bits per heavy atom. The molecule has 0 saturated heterocycles. The molecule has 0 atom stereocenters. The average molecular weight is 309 g/mol. The lowest BCUT2D eigenvalue weighted by Gasteiger charge is -2.23. The minimum absolute atomic E-state index is 0.482. The van der Waals surface area contributed by atoms with E-state index in [1.807, 2.05) is 27.7 Å². The second kappa shape index (κ2) is 6.49. The first-order chi connectivity index (χ1) is 9.83. The van der Waals surface area contributed by atoms with Gasteiger partial charge in [-0.2, -0.15) is 0 Å². The van der Waals surface area contributed by atoms with Crippen LogP contribution in [0.1, 0.15) is 54.4 Å². The van der Waals surface area contributed by atoms with Gasteiger partial charge in [-0.1, -0.05) is 25.3 Å². The predicted octanol–water partition coefficient (Wildman–Crippen LogP) is 3.78. The second-order valence-electron chi connectivity index (χ2n) is 6.45. The van der Waals surface area contributed by atoms with Gasteiger partial charge in [0.15, 0.2) is 0 Å². The lowest BCUT2D eigenvalue weighted by molar-refractivity contribution is 0.357. The molecule has 4 heteroatoms. The minimum Gasteiger partial charge on any atom is -0.211 e. The van der Waals surface area contributed by atoms with E-state index in [9.17, 15) is 8.42 Å². The Bertz CT molecular complexity index is 588. The van der Waals surface area contributed by atoms with Crippen LogP contribution in [0, 0.1) is 33.6 Å². The van der Waals surface area contributed by atoms with Gasteiger partial charge in [-0.25, -0.2) is 13.1 Å². The summed E-state index contributed by atoms with van der Waals surface area (Å²) in [7, 11) is -3.42. The molecule has 0 aromatic heterocycles. The van der Waals surface area contributed by atoms with Crippen molar-refractivity contribution in [3.8, 4) is 0 Å². The van der Waals surface area contributed by atoms with E-state index in [-0.39, 0.29) is 0 Å². The van der Waals surface area contributed by atoms with E-state index in [1.165, 1.54) is 19.3 Å². The highest BCUT2D eigenvalue weighted by atomic mass is 32.2. The third kappa shape index (κ3) is 3.67. The normalized spacial score (nSPS) is 17.1. The predicted molar refractivity (Wildman–Crippen MR) is 87.2 cm³/mol. The third-order valence-corrected chi connectivity index (χ3v) is 6.55. The third-order valence-electron chi connectivity index (χ3n) is 4.85. The fraction of sp³-hybridized carbons (Fsp3) is 0.647. The summed E-state index contributed by atoms with van der Waals surface area (Å²) in [5.41, 5.74) is 3.82. The van der Waals surface area contributed by atoms with E-state index in [1.54, 1.807) is 0 Å². The highest BCUT2D eigenvalue weighted by Gasteiger charge is 2.23. The summed E-state index contributed by atoms with van der Waals surface area (Å²) in [6.07, 6.45) is 6.04. The van der Waals surface area contributed by atoms with E-state index in [2.05, 4.69) is 10.8 Å². The Morgan fingerprint density at radius 2 is 1.52 bits per heavy atom. The SMILES string of the molecule is Cc1cc(C)c(C)c(S(=O)(=O)NCC2CCCCC2)c1C. The van der Waals surface area contributed by atoms with Crippen molar-refractivity contribution in [1.29, 1.82) is 0 Å². The van der Waals surface area contributed by atoms with Gasteiger partial charge in [-0.15, -0.1) is 0 Å². The molecule has 0 heterocycles. The van der Waals surface area contributed by atoms with E-state index in [4.69, 9.17) is 0 Å². The van der Waals surface area contributed by atoms with Crippen molar-refractivity contribution in [3.05, 3.63) is 28.3 Å². The summed E-state index contributed by atoms with van der Waals surface area (Å²) in [6.45, 7) is 8.33. The largest absolute Gasteiger partial charge is 0.241 e. The number of aryl methyl sites for hydroxylation is 2. The first kappa shape index (κ1) is 16.5. The molecule has 118 valence electrons. The lowest BCUT2D eigenvalue weighted by atomic mass is 9.90. The van der Waals surface area contributed by atoms with Crippen LogP contribution in [-0.2, 0) is 10.0 Å². The fourth-order valence-electron chi connectivity index (χ4n) is 3.27. The van der Waals surface area contributed by atoms with Gasteiger partial charge in [0.25, 0.3) is 0 Å². The Labute approximate surface area is 129 Å². The Kier molecular flexibility index (Phi) is 5.10. The van der Waals surface area contributed by atoms with Crippen LogP contribution >= 0.6 is 0 Å². The number of benzene rings is 1. The van der Waals surface area contributed by atoms with E-state index in [0.29, 0.717) is 17.4 Å². The maximum Gasteiger partial charge on any atom is 0.241 e. The molecule has 3 nitrogen and oxygen atoms in total. The number of hydrogen-bond donors (Lipinski definition) is 1. The number of hydrogen-bond acceptors (Lipinski definition) is 2. The Morgan fingerprint density at radius 1 is 1.00 bits per heavy atom. The van der Waals surface area contributed by atoms with Crippen LogP contribution in [0.15, 0.2) is 11.0 Å². The molecule has 1 aliphatic carbocycles. The topological polar surface area (TPSA) is 46.2 Å². The molecule has 1 saturated carbocycles. The van der Waals surface area contributed by atoms with Crippen molar-refractivity contribution in [2.75, 3.05) is 6.54 Å². The standard InChI is InChI=1S/C17H27NO2S/c1-12-10-13(2)15(4)17(14(12)3)21(19,20)18-11-16-8-6-5-7-9-16/h10,16,18H,5-9,11H2,1-4H3. The summed E-state index contributed by atoms with van der Waals surface area (Å²) < 4.78 is 28.3. The molecule has 0 bridgehead atoms. The quantitative estimate of drug-likeness (QED) is 0.920. The molecule has 1 fully saturated rings. The van der Waals surface area contributed by atoms with Crippen molar-refractivity contribution in [3.63, 3.8) is 0 Å². The van der Waals surface area contributed by atoms with Crippen molar-refractivity contribution in [2.24, 2.45) is 5.92 Å². The van der Waals surface area contributed by atoms with Crippen LogP contribution in [0.25, 0.3) is 0 Å². The molecule has 0 radical (unpaired) electrons. The summed E-state index contributed by atoms with van der Waals surface area (Å²) in [4.78, 5) is 0.482. The van der Waals surface area contributed by atoms with Gasteiger partial charge in [0.1, 0.15) is 0 Å². The zero-order chi connectivity index (χ0) is 15.6. The number of sulfonamides is 1. The monoisotopic (exact) mass is 309 g/mol. The second-order valence-corrected chi connectivity index (χ2v) is 8.15. The lowest BCUT2D eigenvalue weighted by Crippen LogP contribution is -2.31. The molecule has 1 aromatic carbocycles. The highest BCUT2D eigenvalue weighted by molar-refractivity contribution is 7.89. The van der Waals surface area contributed by atoms with Gasteiger partial charge in [-0.3, -0.25) is 0 Å². The van der Waals surface area contributed by atoms with Crippen molar-refractivity contribution in [2.45, 2.75) is 64.7 Å². The molecule has 0 amide bonds. The first-order valence-electron chi connectivity index (χ1n) is 7.90. The molecule has 0 unspecified atom stereocenters. The smallest absolute Gasteiger partial charge is 0.211 e. The minimum atomic E-state index is -3.42. The van der Waals surface area contributed by atoms with Crippen LogP contribution in [0.4, 0.5) is 0 Å². The van der Waals surface area contributed by atoms with Gasteiger partial charge in [0, 0.05) is 6.54 Å². The van der Waals surface area contributed by atoms with Crippen LogP contribution in [0.3, 0.4) is 0 Å². The van der Waals surface area contributed by atoms with Crippen molar-refractivity contribution >= 4 is 10.0 Å². The van der Waals surface area contributed by atoms with Gasteiger partial charge >= 0.3 is 0 Å². The maximum atomic E-state index is 12.7. The number of nitrogens with one attached hydrogen (secondary N) is 1. The zero-order valence-electron chi connectivity index (χ0n) is 13.6. The van der Waals surface area contributed by atoms with Crippen molar-refractivity contribution in [1.82, 2.24) is 4.72 Å². The molecular formula is C17H27NO2S. The van der Waals surface area contributed by atoms with Crippen LogP contribution in [0.5, 0.6) is 0 Å². The first-order valence-corrected chi connectivity index (χ1v) is 9.38. The van der Waals surface area contributed by atoms with Gasteiger partial charge in [0.2, 0.25) is 10.0 Å². The van der Waals surface area contributed by atoms with Gasteiger partial charge < -0.3 is 0 Å². The molecule has 1 aromatic rings. The van der Waals surface area contributed by atoms with E-state index in [0.717, 1.165) is 35.1 Å². The molecule has 1 N–H and O–H groups in total. The summed E-state index contributed by atoms with van der Waals surface area (Å²) in [5.74, 6) is 0.500. The molecule has 21 heavy (non-hydrogen) atoms. The molecule has 2 rings (SSSR count). The van der Waals surface area contributed by atoms with Crippen molar-refractivity contribution < 1.29 is 8.42 Å².